The fourth-order valence-corrected chi connectivity index (χ4v) is 8.82. The second kappa shape index (κ2) is 30.4. The minimum atomic E-state index is -0.238. The van der Waals surface area contributed by atoms with Crippen molar-refractivity contribution < 1.29 is 99.1 Å². The van der Waals surface area contributed by atoms with E-state index in [9.17, 15) is 19.2 Å². The summed E-state index contributed by atoms with van der Waals surface area (Å²) in [7, 11) is 14.7. The Morgan fingerprint density at radius 1 is 0.429 bits per heavy atom. The van der Waals surface area contributed by atoms with Crippen molar-refractivity contribution in [2.75, 3.05) is 41.3 Å². The first-order valence-corrected chi connectivity index (χ1v) is 24.0. The molecule has 0 atom stereocenters. The number of hydrogen-bond acceptors (Lipinski definition) is 6. The standard InChI is InChI=1S/C12H12N2O.2C12H8N.2C8H15N2O.C7H10N2O.4Au/c1-13-9-14(2)12(15)8-11(13)10-6-4-3-5-7-10;2*1-3-7-11-9(5-1)10-6-2-4-8-12(10)13-11;2*1-8(2)5-9(3)6-10(4)7(8)11;1-6-4-7(10)9(3)5-8(6)2;;;;/h3-7,9H,1-2H3;2*1-8H;2*6H,5H2,1-4H3;5H,1-3H3;;;;/q;2*-1;2*+1;;;;;. The third kappa shape index (κ3) is 18.0. The number of carbonyl (C=O) groups is 2. The molecular formula is C59H68Au4N10O4. The Bertz CT molecular complexity index is 3220. The van der Waals surface area contributed by atoms with Gasteiger partial charge in [0.05, 0.1) is 38.0 Å². The van der Waals surface area contributed by atoms with Crippen molar-refractivity contribution in [3.63, 3.8) is 0 Å². The molecular weight excluding hydrogens is 1700 g/mol. The minimum Gasteiger partial charge on any atom is -0.657 e. The molecule has 2 amide bonds. The molecule has 5 aromatic carbocycles. The Morgan fingerprint density at radius 2 is 0.740 bits per heavy atom. The number of para-hydroxylation sites is 4. The summed E-state index contributed by atoms with van der Waals surface area (Å²) in [6.45, 7) is 15.0. The minimum absolute atomic E-state index is 0. The first kappa shape index (κ1) is 68.1. The SMILES string of the molecule is CN1[CH+]N(C)C(=O)C(C)(C)C1.CN1[CH+]N(C)C(=O)C(C)(C)C1.Cc1[c-]c(=O)n(C)[cH+]n1C.Cn1[cH+]n(C)c(=O)[c-]c1-c1ccccc1.[Au].[Au].[Au].[Au].c1ccc2c(c1)[n-]c1ccccc12.c1ccc2c(c1)[n-]c1ccccc12. The topological polar surface area (TPSA) is 129 Å². The summed E-state index contributed by atoms with van der Waals surface area (Å²) in [6, 6.07) is 48.2. The summed E-state index contributed by atoms with van der Waals surface area (Å²) >= 11 is 0. The van der Waals surface area contributed by atoms with Gasteiger partial charge in [-0.1, -0.05) is 127 Å². The number of carbonyl (C=O) groups excluding carboxylic acids is 2. The normalized spacial score (nSPS) is 14.2. The molecule has 422 valence electrons. The number of nitrogens with zero attached hydrogens (tertiary/aromatic N) is 10. The van der Waals surface area contributed by atoms with Crippen LogP contribution in [0.1, 0.15) is 33.4 Å². The van der Waals surface area contributed by atoms with Gasteiger partial charge in [-0.05, 0) is 67.9 Å². The molecule has 4 aromatic heterocycles. The van der Waals surface area contributed by atoms with E-state index in [-0.39, 0.29) is 123 Å². The maximum Gasteiger partial charge on any atom is 0.271 e. The molecule has 6 heterocycles. The summed E-state index contributed by atoms with van der Waals surface area (Å²) in [5.74, 6) is 0.381. The Kier molecular flexibility index (Phi) is 26.9. The quantitative estimate of drug-likeness (QED) is 0.118. The maximum atomic E-state index is 11.5. The molecule has 2 fully saturated rings. The third-order valence-electron chi connectivity index (χ3n) is 12.3. The molecule has 0 bridgehead atoms. The smallest absolute Gasteiger partial charge is 0.271 e. The van der Waals surface area contributed by atoms with Crippen molar-refractivity contribution in [1.29, 1.82) is 0 Å². The van der Waals surface area contributed by atoms with Crippen LogP contribution in [-0.4, -0.2) is 91.0 Å². The van der Waals surface area contributed by atoms with Gasteiger partial charge in [0, 0.05) is 132 Å². The molecule has 9 aromatic rings. The van der Waals surface area contributed by atoms with Gasteiger partial charge in [0.1, 0.15) is 0 Å². The van der Waals surface area contributed by atoms with E-state index in [2.05, 4.69) is 94.9 Å². The Balaban J connectivity index is 0.000000314. The number of amides is 2. The van der Waals surface area contributed by atoms with Crippen LogP contribution < -0.4 is 21.1 Å². The second-order valence-electron chi connectivity index (χ2n) is 19.8. The summed E-state index contributed by atoms with van der Waals surface area (Å²) in [4.78, 5) is 61.6. The van der Waals surface area contributed by atoms with E-state index >= 15 is 0 Å². The van der Waals surface area contributed by atoms with E-state index in [1.54, 1.807) is 50.6 Å². The fourth-order valence-electron chi connectivity index (χ4n) is 8.82. The van der Waals surface area contributed by atoms with Crippen molar-refractivity contribution in [2.45, 2.75) is 34.6 Å². The molecule has 2 saturated heterocycles. The van der Waals surface area contributed by atoms with Crippen LogP contribution in [0.5, 0.6) is 0 Å². The molecule has 11 rings (SSSR count). The average Bonchev–Trinajstić information content (AvgIpc) is 3.93. The van der Waals surface area contributed by atoms with Crippen molar-refractivity contribution in [2.24, 2.45) is 39.0 Å². The number of rotatable bonds is 1. The van der Waals surface area contributed by atoms with Crippen molar-refractivity contribution in [3.8, 4) is 11.3 Å². The Morgan fingerprint density at radius 3 is 1.08 bits per heavy atom. The fraction of sp³-hybridized carbons (Fsp3) is 0.288. The molecule has 2 aliphatic rings. The van der Waals surface area contributed by atoms with Crippen molar-refractivity contribution >= 4 is 55.4 Å². The van der Waals surface area contributed by atoms with Crippen LogP contribution in [0.4, 0.5) is 0 Å². The van der Waals surface area contributed by atoms with Gasteiger partial charge in [-0.2, -0.15) is 9.80 Å². The van der Waals surface area contributed by atoms with E-state index in [4.69, 9.17) is 0 Å². The second-order valence-corrected chi connectivity index (χ2v) is 19.8. The van der Waals surface area contributed by atoms with Crippen LogP contribution in [0, 0.1) is 43.2 Å². The molecule has 4 radical (unpaired) electrons. The summed E-state index contributed by atoms with van der Waals surface area (Å²) < 4.78 is 6.73. The molecule has 0 N–H and O–H groups in total. The van der Waals surface area contributed by atoms with Crippen LogP contribution in [0.25, 0.3) is 54.9 Å². The summed E-state index contributed by atoms with van der Waals surface area (Å²) in [5, 5.41) is 4.99. The Labute approximate surface area is 515 Å². The average molecular weight is 1770 g/mol. The maximum absolute atomic E-state index is 11.5. The monoisotopic (exact) mass is 1770 g/mol. The zero-order valence-corrected chi connectivity index (χ0v) is 54.3. The van der Waals surface area contributed by atoms with Crippen LogP contribution >= 0.6 is 0 Å². The van der Waals surface area contributed by atoms with Gasteiger partial charge >= 0.3 is 0 Å². The van der Waals surface area contributed by atoms with E-state index in [1.807, 2.05) is 150 Å². The van der Waals surface area contributed by atoms with E-state index in [1.165, 1.54) is 30.7 Å². The third-order valence-corrected chi connectivity index (χ3v) is 12.3. The van der Waals surface area contributed by atoms with Crippen molar-refractivity contribution in [1.82, 2.24) is 47.8 Å². The first-order valence-electron chi connectivity index (χ1n) is 24.0. The Hall–Kier alpha value is -4.98. The predicted octanol–water partition coefficient (Wildman–Crippen LogP) is 8.55. The van der Waals surface area contributed by atoms with Gasteiger partial charge in [0.15, 0.2) is 18.2 Å². The van der Waals surface area contributed by atoms with Crippen LogP contribution in [-0.2, 0) is 127 Å². The predicted molar refractivity (Wildman–Crippen MR) is 294 cm³/mol. The molecule has 18 heteroatoms. The first-order chi connectivity index (χ1) is 34.6. The number of benzene rings is 5. The number of aromatic nitrogens is 6. The summed E-state index contributed by atoms with van der Waals surface area (Å²) in [6.07, 6.45) is 3.48. The van der Waals surface area contributed by atoms with Gasteiger partial charge in [0.25, 0.3) is 30.7 Å². The number of hydrogen-bond donors (Lipinski definition) is 0. The van der Waals surface area contributed by atoms with E-state index in [0.29, 0.717) is 0 Å². The summed E-state index contributed by atoms with van der Waals surface area (Å²) in [5.41, 5.74) is 6.32. The molecule has 77 heavy (non-hydrogen) atoms. The molecule has 0 spiro atoms. The molecule has 2 aliphatic heterocycles. The number of fused-ring (bicyclic) bond motifs is 6. The van der Waals surface area contributed by atoms with E-state index < -0.39 is 0 Å². The van der Waals surface area contributed by atoms with Gasteiger partial charge in [-0.25, -0.2) is 24.8 Å². The van der Waals surface area contributed by atoms with Crippen LogP contribution in [0.2, 0.25) is 0 Å². The molecule has 0 saturated carbocycles. The molecule has 14 nitrogen and oxygen atoms in total. The van der Waals surface area contributed by atoms with Crippen LogP contribution in [0.15, 0.2) is 150 Å². The molecule has 0 aliphatic carbocycles. The number of aryl methyl sites for hydroxylation is 5. The van der Waals surface area contributed by atoms with Crippen LogP contribution in [0.3, 0.4) is 0 Å². The van der Waals surface area contributed by atoms with Gasteiger partial charge in [0.2, 0.25) is 0 Å². The zero-order valence-electron chi connectivity index (χ0n) is 45.7. The van der Waals surface area contributed by atoms with Gasteiger partial charge < -0.3 is 9.97 Å². The zero-order chi connectivity index (χ0) is 53.2. The van der Waals surface area contributed by atoms with Crippen molar-refractivity contribution in [3.05, 3.63) is 192 Å². The van der Waals surface area contributed by atoms with Gasteiger partial charge in [-0.15, -0.1) is 44.0 Å². The molecule has 0 unspecified atom stereocenters. The largest absolute Gasteiger partial charge is 0.657 e. The van der Waals surface area contributed by atoms with E-state index in [0.717, 1.165) is 52.1 Å². The van der Waals surface area contributed by atoms with Gasteiger partial charge in [-0.3, -0.25) is 18.7 Å².